The summed E-state index contributed by atoms with van der Waals surface area (Å²) >= 11 is 3.31. The minimum Gasteiger partial charge on any atom is -0.354 e. The Morgan fingerprint density at radius 2 is 2.11 bits per heavy atom. The quantitative estimate of drug-likeness (QED) is 0.557. The van der Waals surface area contributed by atoms with Crippen molar-refractivity contribution >= 4 is 39.2 Å². The highest BCUT2D eigenvalue weighted by atomic mass is 32.2. The molecule has 154 valence electrons. The molecule has 0 saturated heterocycles. The van der Waals surface area contributed by atoms with Crippen LogP contribution >= 0.6 is 23.1 Å². The van der Waals surface area contributed by atoms with Crippen molar-refractivity contribution in [1.29, 1.82) is 0 Å². The third kappa shape index (κ3) is 5.60. The lowest BCUT2D eigenvalue weighted by atomic mass is 10.0. The van der Waals surface area contributed by atoms with Gasteiger partial charge in [0.05, 0.1) is 11.1 Å². The van der Waals surface area contributed by atoms with Gasteiger partial charge >= 0.3 is 0 Å². The van der Waals surface area contributed by atoms with Gasteiger partial charge in [0.15, 0.2) is 0 Å². The van der Waals surface area contributed by atoms with Gasteiger partial charge in [0.1, 0.15) is 10.7 Å². The molecule has 0 bridgehead atoms. The van der Waals surface area contributed by atoms with Gasteiger partial charge in [-0.3, -0.25) is 9.59 Å². The summed E-state index contributed by atoms with van der Waals surface area (Å²) in [5, 5.41) is 3.89. The second-order valence-electron chi connectivity index (χ2n) is 8.15. The monoisotopic (exact) mass is 421 g/mol. The Morgan fingerprint density at radius 1 is 1.29 bits per heavy atom. The summed E-state index contributed by atoms with van der Waals surface area (Å²) in [6.07, 6.45) is 7.11. The van der Waals surface area contributed by atoms with E-state index in [4.69, 9.17) is 0 Å². The Bertz CT molecular complexity index is 872. The first-order valence-electron chi connectivity index (χ1n) is 10.3. The van der Waals surface area contributed by atoms with E-state index in [2.05, 4.69) is 36.1 Å². The van der Waals surface area contributed by atoms with E-state index < -0.39 is 0 Å². The van der Waals surface area contributed by atoms with E-state index in [0.29, 0.717) is 23.9 Å². The smallest absolute Gasteiger partial charge is 0.259 e. The summed E-state index contributed by atoms with van der Waals surface area (Å²) in [6, 6.07) is 0.234. The second-order valence-corrected chi connectivity index (χ2v) is 10.3. The molecule has 0 spiro atoms. The van der Waals surface area contributed by atoms with Crippen molar-refractivity contribution in [2.45, 2.75) is 77.5 Å². The molecule has 3 rings (SSSR count). The number of nitrogens with zero attached hydrogens (tertiary/aromatic N) is 1. The van der Waals surface area contributed by atoms with Crippen LogP contribution in [0.15, 0.2) is 4.79 Å². The highest BCUT2D eigenvalue weighted by Gasteiger charge is 2.21. The molecule has 2 heterocycles. The molecule has 2 N–H and O–H groups in total. The van der Waals surface area contributed by atoms with Gasteiger partial charge in [0.25, 0.3) is 5.56 Å². The zero-order valence-corrected chi connectivity index (χ0v) is 18.7. The molecule has 1 atom stereocenters. The number of aromatic nitrogens is 2. The van der Waals surface area contributed by atoms with E-state index in [1.54, 1.807) is 23.1 Å². The van der Waals surface area contributed by atoms with Crippen molar-refractivity contribution in [2.24, 2.45) is 5.92 Å². The Morgan fingerprint density at radius 3 is 2.89 bits per heavy atom. The van der Waals surface area contributed by atoms with Gasteiger partial charge in [-0.15, -0.1) is 11.3 Å². The Kier molecular flexibility index (Phi) is 7.57. The number of carbonyl (C=O) groups excluding carboxylic acids is 1. The molecule has 0 saturated carbocycles. The second kappa shape index (κ2) is 9.92. The molecule has 2 aromatic heterocycles. The van der Waals surface area contributed by atoms with Crippen molar-refractivity contribution in [1.82, 2.24) is 15.3 Å². The first-order valence-corrected chi connectivity index (χ1v) is 12.3. The molecule has 28 heavy (non-hydrogen) atoms. The van der Waals surface area contributed by atoms with Crippen LogP contribution in [0.2, 0.25) is 0 Å². The third-order valence-electron chi connectivity index (χ3n) is 5.16. The fourth-order valence-corrected chi connectivity index (χ4v) is 5.79. The predicted molar refractivity (Wildman–Crippen MR) is 119 cm³/mol. The maximum atomic E-state index is 12.4. The number of thiophene rings is 1. The molecule has 1 amide bonds. The number of fused-ring (bicyclic) bond motifs is 3. The van der Waals surface area contributed by atoms with E-state index >= 15 is 0 Å². The normalized spacial score (nSPS) is 14.6. The van der Waals surface area contributed by atoms with E-state index in [1.807, 2.05) is 0 Å². The van der Waals surface area contributed by atoms with Gasteiger partial charge < -0.3 is 10.3 Å². The standard InChI is InChI=1S/C21H31N3O2S2/c1-13(2)6-4-7-14(3)22-18(25)10-11-27-12-17-23-20(26)19-15-8-5-9-16(15)28-21(19)24-17/h13-14H,4-12H2,1-3H3,(H,22,25)(H,23,24,26). The molecule has 7 heteroatoms. The average Bonchev–Trinajstić information content (AvgIpc) is 3.18. The lowest BCUT2D eigenvalue weighted by Gasteiger charge is -2.14. The first-order chi connectivity index (χ1) is 13.4. The van der Waals surface area contributed by atoms with E-state index in [-0.39, 0.29) is 17.5 Å². The third-order valence-corrected chi connectivity index (χ3v) is 7.32. The molecule has 0 aliphatic heterocycles. The first kappa shape index (κ1) is 21.4. The summed E-state index contributed by atoms with van der Waals surface area (Å²) in [5.74, 6) is 2.90. The van der Waals surface area contributed by atoms with Crippen molar-refractivity contribution in [3.8, 4) is 0 Å². The molecule has 0 fully saturated rings. The molecular weight excluding hydrogens is 390 g/mol. The minimum atomic E-state index is -0.00651. The molecule has 1 aliphatic rings. The predicted octanol–water partition coefficient (Wildman–Crippen LogP) is 4.43. The van der Waals surface area contributed by atoms with Gasteiger partial charge in [0, 0.05) is 23.1 Å². The number of nitrogens with one attached hydrogen (secondary N) is 2. The number of carbonyl (C=O) groups is 1. The fraction of sp³-hybridized carbons (Fsp3) is 0.667. The van der Waals surface area contributed by atoms with E-state index in [1.165, 1.54) is 16.9 Å². The lowest BCUT2D eigenvalue weighted by Crippen LogP contribution is -2.32. The summed E-state index contributed by atoms with van der Waals surface area (Å²) in [5.41, 5.74) is 1.21. The van der Waals surface area contributed by atoms with Crippen molar-refractivity contribution in [3.63, 3.8) is 0 Å². The Balaban J connectivity index is 1.42. The van der Waals surface area contributed by atoms with Crippen LogP contribution in [-0.4, -0.2) is 27.7 Å². The number of aromatic amines is 1. The summed E-state index contributed by atoms with van der Waals surface area (Å²) in [4.78, 5) is 34.3. The molecule has 0 aromatic carbocycles. The topological polar surface area (TPSA) is 74.8 Å². The number of thioether (sulfide) groups is 1. The summed E-state index contributed by atoms with van der Waals surface area (Å²) in [6.45, 7) is 6.53. The van der Waals surface area contributed by atoms with Crippen LogP contribution in [0.4, 0.5) is 0 Å². The van der Waals surface area contributed by atoms with E-state index in [9.17, 15) is 9.59 Å². The highest BCUT2D eigenvalue weighted by molar-refractivity contribution is 7.98. The molecule has 0 radical (unpaired) electrons. The number of aryl methyl sites for hydroxylation is 2. The van der Waals surface area contributed by atoms with Gasteiger partial charge in [-0.2, -0.15) is 11.8 Å². The zero-order valence-electron chi connectivity index (χ0n) is 17.1. The fourth-order valence-electron chi connectivity index (χ4n) is 3.70. The number of rotatable bonds is 10. The number of H-pyrrole nitrogens is 1. The van der Waals surface area contributed by atoms with Crippen LogP contribution in [0.25, 0.3) is 10.2 Å². The van der Waals surface area contributed by atoms with Crippen LogP contribution < -0.4 is 10.9 Å². The van der Waals surface area contributed by atoms with Crippen LogP contribution in [0.5, 0.6) is 0 Å². The summed E-state index contributed by atoms with van der Waals surface area (Å²) in [7, 11) is 0. The van der Waals surface area contributed by atoms with Gasteiger partial charge in [-0.25, -0.2) is 4.98 Å². The maximum Gasteiger partial charge on any atom is 0.259 e. The van der Waals surface area contributed by atoms with Crippen LogP contribution in [0.3, 0.4) is 0 Å². The minimum absolute atomic E-state index is 0.00651. The largest absolute Gasteiger partial charge is 0.354 e. The molecular formula is C21H31N3O2S2. The van der Waals surface area contributed by atoms with Crippen molar-refractivity contribution in [2.75, 3.05) is 5.75 Å². The van der Waals surface area contributed by atoms with Crippen molar-refractivity contribution < 1.29 is 4.79 Å². The highest BCUT2D eigenvalue weighted by Crippen LogP contribution is 2.34. The molecule has 2 aromatic rings. The number of amides is 1. The van der Waals surface area contributed by atoms with Gasteiger partial charge in [-0.1, -0.05) is 26.7 Å². The Hall–Kier alpha value is -1.34. The SMILES string of the molecule is CC(C)CCCC(C)NC(=O)CCSCc1nc2sc3c(c2c(=O)[nH]1)CCC3. The van der Waals surface area contributed by atoms with E-state index in [0.717, 1.165) is 48.1 Å². The lowest BCUT2D eigenvalue weighted by molar-refractivity contribution is -0.121. The van der Waals surface area contributed by atoms with Crippen molar-refractivity contribution in [3.05, 3.63) is 26.6 Å². The molecule has 1 unspecified atom stereocenters. The summed E-state index contributed by atoms with van der Waals surface area (Å²) < 4.78 is 0. The van der Waals surface area contributed by atoms with Gasteiger partial charge in [-0.05, 0) is 44.1 Å². The molecule has 1 aliphatic carbocycles. The van der Waals surface area contributed by atoms with Crippen LogP contribution in [0, 0.1) is 5.92 Å². The van der Waals surface area contributed by atoms with Crippen LogP contribution in [0.1, 0.15) is 69.1 Å². The van der Waals surface area contributed by atoms with Gasteiger partial charge in [0.2, 0.25) is 5.91 Å². The molecule has 5 nitrogen and oxygen atoms in total. The number of hydrogen-bond donors (Lipinski definition) is 2. The maximum absolute atomic E-state index is 12.4. The van der Waals surface area contributed by atoms with Crippen LogP contribution in [-0.2, 0) is 23.4 Å². The Labute approximate surface area is 175 Å². The zero-order chi connectivity index (χ0) is 20.1. The average molecular weight is 422 g/mol. The number of hydrogen-bond acceptors (Lipinski definition) is 5.